The molecular formula is C29H22ClN3O5. The van der Waals surface area contributed by atoms with Gasteiger partial charge in [0.2, 0.25) is 17.7 Å². The average Bonchev–Trinajstić information content (AvgIpc) is 3.42. The highest BCUT2D eigenvalue weighted by Gasteiger charge is 2.64. The Kier molecular flexibility index (Phi) is 5.19. The van der Waals surface area contributed by atoms with Crippen molar-refractivity contribution in [1.82, 2.24) is 4.90 Å². The molecule has 0 spiro atoms. The Morgan fingerprint density at radius 2 is 1.63 bits per heavy atom. The number of amides is 3. The van der Waals surface area contributed by atoms with E-state index < -0.39 is 29.8 Å². The number of nitrogens with zero attached hydrogens (tertiary/aromatic N) is 2. The van der Waals surface area contributed by atoms with Gasteiger partial charge >= 0.3 is 0 Å². The maximum Gasteiger partial charge on any atom is 0.247 e. The van der Waals surface area contributed by atoms with Gasteiger partial charge in [0.05, 0.1) is 23.6 Å². The van der Waals surface area contributed by atoms with Crippen LogP contribution in [0.2, 0.25) is 5.02 Å². The Morgan fingerprint density at radius 3 is 2.45 bits per heavy atom. The predicted octanol–water partition coefficient (Wildman–Crippen LogP) is 4.27. The lowest BCUT2D eigenvalue weighted by atomic mass is 9.84. The van der Waals surface area contributed by atoms with E-state index in [4.69, 9.17) is 21.1 Å². The molecule has 3 amide bonds. The Bertz CT molecular complexity index is 1520. The number of carbonyl (C=O) groups is 3. The zero-order chi connectivity index (χ0) is 26.0. The monoisotopic (exact) mass is 527 g/mol. The van der Waals surface area contributed by atoms with Gasteiger partial charge in [-0.3, -0.25) is 14.4 Å². The molecule has 0 bridgehead atoms. The van der Waals surface area contributed by atoms with Gasteiger partial charge in [-0.15, -0.1) is 0 Å². The first-order valence-electron chi connectivity index (χ1n) is 12.4. The van der Waals surface area contributed by atoms with Crippen LogP contribution in [0.25, 0.3) is 6.08 Å². The molecule has 3 aromatic rings. The van der Waals surface area contributed by atoms with Gasteiger partial charge in [-0.1, -0.05) is 35.9 Å². The van der Waals surface area contributed by atoms with E-state index in [1.54, 1.807) is 42.5 Å². The fraction of sp³-hybridized carbons (Fsp3) is 0.207. The number of nitrogens with one attached hydrogen (secondary N) is 1. The summed E-state index contributed by atoms with van der Waals surface area (Å²) in [6.45, 7) is 0.823. The third-order valence-corrected chi connectivity index (χ3v) is 7.88. The Morgan fingerprint density at radius 1 is 0.895 bits per heavy atom. The van der Waals surface area contributed by atoms with E-state index in [2.05, 4.69) is 5.32 Å². The van der Waals surface area contributed by atoms with Crippen LogP contribution in [0.15, 0.2) is 72.9 Å². The second kappa shape index (κ2) is 8.63. The van der Waals surface area contributed by atoms with Gasteiger partial charge in [0.1, 0.15) is 19.3 Å². The molecule has 4 atom stereocenters. The molecule has 190 valence electrons. The van der Waals surface area contributed by atoms with E-state index in [9.17, 15) is 14.4 Å². The van der Waals surface area contributed by atoms with Crippen LogP contribution < -0.4 is 19.7 Å². The van der Waals surface area contributed by atoms with Gasteiger partial charge in [0.15, 0.2) is 11.5 Å². The first-order valence-corrected chi connectivity index (χ1v) is 12.8. The van der Waals surface area contributed by atoms with Crippen LogP contribution in [0.5, 0.6) is 11.5 Å². The van der Waals surface area contributed by atoms with Crippen LogP contribution in [-0.4, -0.2) is 41.9 Å². The zero-order valence-electron chi connectivity index (χ0n) is 20.0. The highest BCUT2D eigenvalue weighted by Crippen LogP contribution is 2.53. The molecule has 0 radical (unpaired) electrons. The highest BCUT2D eigenvalue weighted by molar-refractivity contribution is 6.30. The fourth-order valence-electron chi connectivity index (χ4n) is 6.03. The minimum absolute atomic E-state index is 0.335. The molecule has 2 saturated heterocycles. The van der Waals surface area contributed by atoms with E-state index in [-0.39, 0.29) is 11.8 Å². The third kappa shape index (κ3) is 3.40. The van der Waals surface area contributed by atoms with Gasteiger partial charge in [0.25, 0.3) is 0 Å². The van der Waals surface area contributed by atoms with Gasteiger partial charge in [-0.25, -0.2) is 4.90 Å². The molecule has 4 aliphatic heterocycles. The number of ether oxygens (including phenoxy) is 2. The zero-order valence-corrected chi connectivity index (χ0v) is 20.8. The standard InChI is InChI=1S/C29H22ClN3O5/c30-17-5-7-18(8-6-17)31-27(34)26-24-23(25-20-4-2-1-3-16(20)11-12-32(25)26)28(35)33(29(24)36)19-9-10-21-22(15-19)38-14-13-37-21/h1-12,15,23-26H,13-14H2,(H,31,34)/t23-,24+,25-,26-/m0/s1. The van der Waals surface area contributed by atoms with E-state index in [0.29, 0.717) is 41.1 Å². The second-order valence-electron chi connectivity index (χ2n) is 9.67. The van der Waals surface area contributed by atoms with Gasteiger partial charge < -0.3 is 19.7 Å². The first kappa shape index (κ1) is 22.9. The first-order chi connectivity index (χ1) is 18.5. The molecule has 3 aromatic carbocycles. The number of fused-ring (bicyclic) bond motifs is 6. The molecule has 0 aliphatic carbocycles. The molecule has 7 rings (SSSR count). The number of hydrogen-bond donors (Lipinski definition) is 1. The average molecular weight is 528 g/mol. The highest BCUT2D eigenvalue weighted by atomic mass is 35.5. The molecule has 9 heteroatoms. The van der Waals surface area contributed by atoms with Crippen molar-refractivity contribution >= 4 is 46.8 Å². The van der Waals surface area contributed by atoms with E-state index in [1.165, 1.54) is 4.90 Å². The molecule has 0 saturated carbocycles. The summed E-state index contributed by atoms with van der Waals surface area (Å²) in [5.41, 5.74) is 2.84. The summed E-state index contributed by atoms with van der Waals surface area (Å²) >= 11 is 6.01. The lowest BCUT2D eigenvalue weighted by molar-refractivity contribution is -0.128. The molecule has 2 fully saturated rings. The number of imide groups is 1. The number of halogens is 1. The minimum Gasteiger partial charge on any atom is -0.486 e. The van der Waals surface area contributed by atoms with Crippen molar-refractivity contribution < 1.29 is 23.9 Å². The topological polar surface area (TPSA) is 88.2 Å². The molecule has 1 N–H and O–H groups in total. The smallest absolute Gasteiger partial charge is 0.247 e. The van der Waals surface area contributed by atoms with Gasteiger partial charge in [-0.2, -0.15) is 0 Å². The molecule has 8 nitrogen and oxygen atoms in total. The van der Waals surface area contributed by atoms with Crippen LogP contribution in [-0.2, 0) is 14.4 Å². The summed E-state index contributed by atoms with van der Waals surface area (Å²) in [7, 11) is 0. The summed E-state index contributed by atoms with van der Waals surface area (Å²) in [5.74, 6) is -1.66. The summed E-state index contributed by atoms with van der Waals surface area (Å²) in [5, 5.41) is 3.47. The summed E-state index contributed by atoms with van der Waals surface area (Å²) < 4.78 is 11.3. The van der Waals surface area contributed by atoms with Crippen molar-refractivity contribution in [2.24, 2.45) is 11.8 Å². The van der Waals surface area contributed by atoms with Crippen molar-refractivity contribution in [1.29, 1.82) is 0 Å². The maximum atomic E-state index is 14.0. The SMILES string of the molecule is O=C(Nc1ccc(Cl)cc1)[C@@H]1[C@@H]2C(=O)N(c3ccc4c(c3)OCCO4)C(=O)[C@@H]2[C@@H]2c3ccccc3C=CN12. The predicted molar refractivity (Wildman–Crippen MR) is 141 cm³/mol. The van der Waals surface area contributed by atoms with Crippen LogP contribution in [0.3, 0.4) is 0 Å². The van der Waals surface area contributed by atoms with Crippen molar-refractivity contribution in [2.45, 2.75) is 12.1 Å². The summed E-state index contributed by atoms with van der Waals surface area (Å²) in [6, 6.07) is 18.2. The number of anilines is 2. The largest absolute Gasteiger partial charge is 0.486 e. The van der Waals surface area contributed by atoms with Crippen LogP contribution in [0.1, 0.15) is 17.2 Å². The Hall–Kier alpha value is -4.30. The second-order valence-corrected chi connectivity index (χ2v) is 10.1. The minimum atomic E-state index is -0.885. The number of benzene rings is 3. The Labute approximate surface area is 223 Å². The van der Waals surface area contributed by atoms with Crippen molar-refractivity contribution in [2.75, 3.05) is 23.4 Å². The molecule has 38 heavy (non-hydrogen) atoms. The van der Waals surface area contributed by atoms with Crippen LogP contribution in [0.4, 0.5) is 11.4 Å². The van der Waals surface area contributed by atoms with E-state index >= 15 is 0 Å². The number of rotatable bonds is 3. The molecule has 0 unspecified atom stereocenters. The van der Waals surface area contributed by atoms with Gasteiger partial charge in [-0.05, 0) is 53.6 Å². The van der Waals surface area contributed by atoms with Gasteiger partial charge in [0, 0.05) is 23.0 Å². The molecule has 0 aromatic heterocycles. The number of carbonyl (C=O) groups excluding carboxylic acids is 3. The van der Waals surface area contributed by atoms with Crippen molar-refractivity contribution in [3.8, 4) is 11.5 Å². The third-order valence-electron chi connectivity index (χ3n) is 7.63. The van der Waals surface area contributed by atoms with Crippen LogP contribution in [0, 0.1) is 11.8 Å². The lowest BCUT2D eigenvalue weighted by Crippen LogP contribution is -2.46. The summed E-state index contributed by atoms with van der Waals surface area (Å²) in [6.07, 6.45) is 3.75. The summed E-state index contributed by atoms with van der Waals surface area (Å²) in [4.78, 5) is 44.9. The van der Waals surface area contributed by atoms with E-state index in [0.717, 1.165) is 11.1 Å². The fourth-order valence-corrected chi connectivity index (χ4v) is 6.16. The Balaban J connectivity index is 1.30. The lowest BCUT2D eigenvalue weighted by Gasteiger charge is -2.35. The maximum absolute atomic E-state index is 14.0. The van der Waals surface area contributed by atoms with E-state index in [1.807, 2.05) is 41.4 Å². The molecule has 4 heterocycles. The van der Waals surface area contributed by atoms with Crippen molar-refractivity contribution in [3.63, 3.8) is 0 Å². The normalized spacial score (nSPS) is 24.7. The molecule has 4 aliphatic rings. The molecular weight excluding hydrogens is 506 g/mol. The van der Waals surface area contributed by atoms with Crippen LogP contribution >= 0.6 is 11.6 Å². The quantitative estimate of drug-likeness (QED) is 0.512. The number of hydrogen-bond acceptors (Lipinski definition) is 6. The van der Waals surface area contributed by atoms with Crippen molar-refractivity contribution in [3.05, 3.63) is 89.1 Å².